The molecule has 1 aromatic carbocycles. The van der Waals surface area contributed by atoms with Crippen molar-refractivity contribution >= 4 is 29.0 Å². The third kappa shape index (κ3) is 4.79. The summed E-state index contributed by atoms with van der Waals surface area (Å²) in [4.78, 5) is 19.6. The van der Waals surface area contributed by atoms with E-state index in [-0.39, 0.29) is 5.91 Å². The van der Waals surface area contributed by atoms with E-state index in [1.54, 1.807) is 18.3 Å². The van der Waals surface area contributed by atoms with Gasteiger partial charge < -0.3 is 14.7 Å². The number of aryl methyl sites for hydroxylation is 1. The lowest BCUT2D eigenvalue weighted by atomic mass is 10.2. The van der Waals surface area contributed by atoms with Gasteiger partial charge in [-0.1, -0.05) is 23.8 Å². The highest BCUT2D eigenvalue weighted by Gasteiger charge is 2.19. The molecule has 1 N–H and O–H groups in total. The maximum absolute atomic E-state index is 12.8. The first-order chi connectivity index (χ1) is 14.1. The van der Waals surface area contributed by atoms with Crippen molar-refractivity contribution in [2.45, 2.75) is 31.0 Å². The lowest BCUT2D eigenvalue weighted by Crippen LogP contribution is -2.19. The number of carbonyl (C=O) groups is 1. The number of amides is 1. The van der Waals surface area contributed by atoms with Crippen LogP contribution in [0, 0.1) is 12.8 Å². The molecule has 29 heavy (non-hydrogen) atoms. The summed E-state index contributed by atoms with van der Waals surface area (Å²) in [5.41, 5.74) is 3.36. The number of carbonyl (C=O) groups excluding carboxylic acids is 1. The largest absolute Gasteiger partial charge is 0.371 e. The Bertz CT molecular complexity index is 986. The zero-order valence-corrected chi connectivity index (χ0v) is 17.4. The van der Waals surface area contributed by atoms with Gasteiger partial charge in [0.2, 0.25) is 0 Å². The van der Waals surface area contributed by atoms with Gasteiger partial charge in [-0.25, -0.2) is 4.98 Å². The molecule has 3 aromatic rings. The molecule has 1 saturated heterocycles. The van der Waals surface area contributed by atoms with Gasteiger partial charge in [-0.05, 0) is 55.7 Å². The number of hydrogen-bond acceptors (Lipinski definition) is 6. The number of anilines is 2. The van der Waals surface area contributed by atoms with Crippen LogP contribution < -0.4 is 10.2 Å². The van der Waals surface area contributed by atoms with E-state index in [1.807, 2.05) is 25.1 Å². The van der Waals surface area contributed by atoms with Crippen molar-refractivity contribution in [2.24, 2.45) is 5.92 Å². The molecule has 3 heterocycles. The Morgan fingerprint density at radius 2 is 2.14 bits per heavy atom. The number of hydrogen-bond donors (Lipinski definition) is 1. The van der Waals surface area contributed by atoms with Crippen LogP contribution in [0.4, 0.5) is 11.4 Å². The molecule has 1 aliphatic rings. The second kappa shape index (κ2) is 8.69. The number of nitrogens with zero attached hydrogens (tertiary/aromatic N) is 3. The fraction of sp³-hybridized carbons (Fsp3) is 0.318. The maximum atomic E-state index is 12.8. The summed E-state index contributed by atoms with van der Waals surface area (Å²) in [6.07, 6.45) is 2.92. The molecule has 0 saturated carbocycles. The smallest absolute Gasteiger partial charge is 0.258 e. The molecule has 0 spiro atoms. The van der Waals surface area contributed by atoms with Crippen LogP contribution in [0.5, 0.6) is 0 Å². The number of thioether (sulfide) groups is 1. The molecule has 1 amide bonds. The Morgan fingerprint density at radius 1 is 1.31 bits per heavy atom. The quantitative estimate of drug-likeness (QED) is 0.593. The van der Waals surface area contributed by atoms with Crippen molar-refractivity contribution in [3.05, 3.63) is 65.7 Å². The predicted octanol–water partition coefficient (Wildman–Crippen LogP) is 4.77. The molecular weight excluding hydrogens is 384 g/mol. The van der Waals surface area contributed by atoms with Crippen molar-refractivity contribution in [3.63, 3.8) is 0 Å². The maximum Gasteiger partial charge on any atom is 0.258 e. The second-order valence-corrected chi connectivity index (χ2v) is 8.38. The van der Waals surface area contributed by atoms with E-state index in [9.17, 15) is 4.79 Å². The van der Waals surface area contributed by atoms with E-state index in [1.165, 1.54) is 23.9 Å². The zero-order valence-electron chi connectivity index (χ0n) is 16.6. The van der Waals surface area contributed by atoms with Crippen LogP contribution in [0.2, 0.25) is 0 Å². The van der Waals surface area contributed by atoms with Gasteiger partial charge in [0.25, 0.3) is 5.91 Å². The summed E-state index contributed by atoms with van der Waals surface area (Å²) in [7, 11) is 0. The monoisotopic (exact) mass is 408 g/mol. The average molecular weight is 409 g/mol. The molecule has 0 bridgehead atoms. The van der Waals surface area contributed by atoms with Gasteiger partial charge in [-0.15, -0.1) is 0 Å². The number of rotatable bonds is 6. The number of nitrogens with one attached hydrogen (secondary N) is 1. The highest BCUT2D eigenvalue weighted by molar-refractivity contribution is 7.98. The van der Waals surface area contributed by atoms with Crippen molar-refractivity contribution in [1.29, 1.82) is 0 Å². The summed E-state index contributed by atoms with van der Waals surface area (Å²) in [6.45, 7) is 6.32. The highest BCUT2D eigenvalue weighted by Crippen LogP contribution is 2.27. The van der Waals surface area contributed by atoms with Gasteiger partial charge in [0, 0.05) is 42.5 Å². The minimum Gasteiger partial charge on any atom is -0.371 e. The van der Waals surface area contributed by atoms with E-state index in [2.05, 4.69) is 39.4 Å². The molecule has 150 valence electrons. The van der Waals surface area contributed by atoms with Crippen molar-refractivity contribution in [1.82, 2.24) is 10.1 Å². The lowest BCUT2D eigenvalue weighted by Gasteiger charge is -2.18. The summed E-state index contributed by atoms with van der Waals surface area (Å²) in [6, 6.07) is 13.5. The summed E-state index contributed by atoms with van der Waals surface area (Å²) < 4.78 is 5.10. The SMILES string of the molecule is Cc1cc(CSc2ncccc2C(=O)Nc2ccc(N3CCC(C)C3)cc2)no1. The number of pyridine rings is 1. The van der Waals surface area contributed by atoms with E-state index >= 15 is 0 Å². The molecule has 4 rings (SSSR count). The summed E-state index contributed by atoms with van der Waals surface area (Å²) >= 11 is 1.47. The van der Waals surface area contributed by atoms with Crippen LogP contribution in [0.25, 0.3) is 0 Å². The average Bonchev–Trinajstić information content (AvgIpc) is 3.35. The molecule has 1 fully saturated rings. The Hall–Kier alpha value is -2.80. The molecule has 1 aliphatic heterocycles. The van der Waals surface area contributed by atoms with Gasteiger partial charge in [0.1, 0.15) is 10.8 Å². The van der Waals surface area contributed by atoms with Gasteiger partial charge in [0.15, 0.2) is 0 Å². The minimum atomic E-state index is -0.167. The molecular formula is C22H24N4O2S. The molecule has 6 nitrogen and oxygen atoms in total. The van der Waals surface area contributed by atoms with Gasteiger partial charge in [-0.2, -0.15) is 0 Å². The van der Waals surface area contributed by atoms with Crippen LogP contribution in [-0.2, 0) is 5.75 Å². The lowest BCUT2D eigenvalue weighted by molar-refractivity contribution is 0.102. The minimum absolute atomic E-state index is 0.167. The summed E-state index contributed by atoms with van der Waals surface area (Å²) in [5.74, 6) is 1.93. The molecule has 7 heteroatoms. The standard InChI is InChI=1S/C22H24N4O2S/c1-15-9-11-26(13-15)19-7-5-17(6-8-19)24-21(27)20-4-3-10-23-22(20)29-14-18-12-16(2)28-25-18/h3-8,10,12,15H,9,11,13-14H2,1-2H3,(H,24,27). The van der Waals surface area contributed by atoms with Crippen LogP contribution in [0.1, 0.15) is 35.2 Å². The first kappa shape index (κ1) is 19.5. The predicted molar refractivity (Wildman–Crippen MR) is 115 cm³/mol. The first-order valence-electron chi connectivity index (χ1n) is 9.75. The van der Waals surface area contributed by atoms with Crippen molar-refractivity contribution in [2.75, 3.05) is 23.3 Å². The van der Waals surface area contributed by atoms with Crippen molar-refractivity contribution in [3.8, 4) is 0 Å². The molecule has 1 unspecified atom stereocenters. The van der Waals surface area contributed by atoms with Crippen LogP contribution >= 0.6 is 11.8 Å². The number of benzene rings is 1. The third-order valence-electron chi connectivity index (χ3n) is 4.96. The van der Waals surface area contributed by atoms with E-state index in [0.717, 1.165) is 36.1 Å². The van der Waals surface area contributed by atoms with E-state index < -0.39 is 0 Å². The third-order valence-corrected chi connectivity index (χ3v) is 6.00. The number of aromatic nitrogens is 2. The molecule has 2 aromatic heterocycles. The van der Waals surface area contributed by atoms with Gasteiger partial charge in [0.05, 0.1) is 11.3 Å². The molecule has 0 radical (unpaired) electrons. The first-order valence-corrected chi connectivity index (χ1v) is 10.7. The summed E-state index contributed by atoms with van der Waals surface area (Å²) in [5, 5.41) is 7.65. The normalized spacial score (nSPS) is 16.2. The Kier molecular flexibility index (Phi) is 5.85. The van der Waals surface area contributed by atoms with Gasteiger partial charge >= 0.3 is 0 Å². The molecule has 1 atom stereocenters. The Balaban J connectivity index is 1.41. The van der Waals surface area contributed by atoms with Crippen LogP contribution in [0.3, 0.4) is 0 Å². The van der Waals surface area contributed by atoms with Crippen LogP contribution in [0.15, 0.2) is 58.2 Å². The topological polar surface area (TPSA) is 71.3 Å². The zero-order chi connectivity index (χ0) is 20.2. The van der Waals surface area contributed by atoms with Crippen LogP contribution in [-0.4, -0.2) is 29.1 Å². The fourth-order valence-corrected chi connectivity index (χ4v) is 4.30. The van der Waals surface area contributed by atoms with Gasteiger partial charge in [-0.3, -0.25) is 4.79 Å². The Labute approximate surface area is 174 Å². The van der Waals surface area contributed by atoms with Crippen molar-refractivity contribution < 1.29 is 9.32 Å². The second-order valence-electron chi connectivity index (χ2n) is 7.41. The highest BCUT2D eigenvalue weighted by atomic mass is 32.2. The molecule has 0 aliphatic carbocycles. The fourth-order valence-electron chi connectivity index (χ4n) is 3.43. The Morgan fingerprint density at radius 3 is 2.83 bits per heavy atom. The van der Waals surface area contributed by atoms with E-state index in [0.29, 0.717) is 16.3 Å². The van der Waals surface area contributed by atoms with E-state index in [4.69, 9.17) is 4.52 Å².